The maximum atomic E-state index is 10.9. The third kappa shape index (κ3) is 6.10. The first-order valence-electron chi connectivity index (χ1n) is 4.32. The zero-order valence-corrected chi connectivity index (χ0v) is 8.05. The largest absolute Gasteiger partial charge is 0.459 e. The van der Waals surface area contributed by atoms with Crippen LogP contribution in [-0.4, -0.2) is 38.6 Å². The minimum Gasteiger partial charge on any atom is -0.459 e. The standard InChI is InChI=1S/C8H16N2O3/c1-3-13-8(12)7(11)10-6-4-5-9-2/h9H,3-6H2,1-2H3,(H,10,11). The van der Waals surface area contributed by atoms with Crippen molar-refractivity contribution in [3.63, 3.8) is 0 Å². The Morgan fingerprint density at radius 1 is 1.31 bits per heavy atom. The van der Waals surface area contributed by atoms with Crippen molar-refractivity contribution in [2.24, 2.45) is 0 Å². The highest BCUT2D eigenvalue weighted by Crippen LogP contribution is 1.79. The second-order valence-corrected chi connectivity index (χ2v) is 2.43. The van der Waals surface area contributed by atoms with Gasteiger partial charge in [-0.1, -0.05) is 0 Å². The number of hydrogen-bond donors (Lipinski definition) is 2. The van der Waals surface area contributed by atoms with Gasteiger partial charge in [0.1, 0.15) is 0 Å². The second kappa shape index (κ2) is 7.54. The maximum absolute atomic E-state index is 10.9. The predicted molar refractivity (Wildman–Crippen MR) is 48.2 cm³/mol. The molecule has 13 heavy (non-hydrogen) atoms. The van der Waals surface area contributed by atoms with Crippen molar-refractivity contribution in [3.05, 3.63) is 0 Å². The summed E-state index contributed by atoms with van der Waals surface area (Å²) in [5.74, 6) is -1.48. The molecular formula is C8H16N2O3. The van der Waals surface area contributed by atoms with Gasteiger partial charge in [-0.3, -0.25) is 4.79 Å². The van der Waals surface area contributed by atoms with Gasteiger partial charge in [-0.25, -0.2) is 4.79 Å². The van der Waals surface area contributed by atoms with Gasteiger partial charge >= 0.3 is 11.9 Å². The molecule has 0 bridgehead atoms. The predicted octanol–water partition coefficient (Wildman–Crippen LogP) is -0.725. The molecule has 0 heterocycles. The third-order valence-corrected chi connectivity index (χ3v) is 1.35. The lowest BCUT2D eigenvalue weighted by atomic mass is 10.4. The van der Waals surface area contributed by atoms with Gasteiger partial charge in [0.05, 0.1) is 6.61 Å². The summed E-state index contributed by atoms with van der Waals surface area (Å²) in [5.41, 5.74) is 0. The molecule has 5 heteroatoms. The normalized spacial score (nSPS) is 9.38. The molecule has 0 saturated carbocycles. The van der Waals surface area contributed by atoms with Crippen LogP contribution in [-0.2, 0) is 14.3 Å². The number of amides is 1. The van der Waals surface area contributed by atoms with Crippen molar-refractivity contribution < 1.29 is 14.3 Å². The van der Waals surface area contributed by atoms with E-state index in [1.807, 2.05) is 7.05 Å². The van der Waals surface area contributed by atoms with Crippen LogP contribution in [0.25, 0.3) is 0 Å². The fourth-order valence-corrected chi connectivity index (χ4v) is 0.736. The van der Waals surface area contributed by atoms with Crippen molar-refractivity contribution in [2.75, 3.05) is 26.7 Å². The minimum atomic E-state index is -0.813. The number of ether oxygens (including phenoxy) is 1. The summed E-state index contributed by atoms with van der Waals surface area (Å²) in [5, 5.41) is 5.38. The zero-order chi connectivity index (χ0) is 10.1. The van der Waals surface area contributed by atoms with E-state index < -0.39 is 11.9 Å². The number of hydrogen-bond acceptors (Lipinski definition) is 4. The molecule has 0 radical (unpaired) electrons. The lowest BCUT2D eigenvalue weighted by Gasteiger charge is -2.03. The molecule has 0 aliphatic carbocycles. The second-order valence-electron chi connectivity index (χ2n) is 2.43. The van der Waals surface area contributed by atoms with Gasteiger partial charge in [0, 0.05) is 6.54 Å². The molecule has 0 fully saturated rings. The zero-order valence-electron chi connectivity index (χ0n) is 8.05. The van der Waals surface area contributed by atoms with E-state index in [2.05, 4.69) is 15.4 Å². The van der Waals surface area contributed by atoms with E-state index in [0.29, 0.717) is 6.54 Å². The molecule has 1 amide bonds. The SMILES string of the molecule is CCOC(=O)C(=O)NCCCNC. The first kappa shape index (κ1) is 11.9. The number of carbonyl (C=O) groups excluding carboxylic acids is 2. The molecule has 0 rings (SSSR count). The van der Waals surface area contributed by atoms with Crippen molar-refractivity contribution in [2.45, 2.75) is 13.3 Å². The molecule has 0 saturated heterocycles. The molecule has 0 aromatic heterocycles. The topological polar surface area (TPSA) is 67.4 Å². The summed E-state index contributed by atoms with van der Waals surface area (Å²) in [6.07, 6.45) is 0.793. The lowest BCUT2D eigenvalue weighted by molar-refractivity contribution is -0.154. The summed E-state index contributed by atoms with van der Waals surface area (Å²) in [4.78, 5) is 21.6. The quantitative estimate of drug-likeness (QED) is 0.339. The van der Waals surface area contributed by atoms with Crippen LogP contribution in [0.1, 0.15) is 13.3 Å². The van der Waals surface area contributed by atoms with E-state index in [1.165, 1.54) is 0 Å². The van der Waals surface area contributed by atoms with Gasteiger partial charge in [-0.2, -0.15) is 0 Å². The van der Waals surface area contributed by atoms with Gasteiger partial charge in [-0.15, -0.1) is 0 Å². The average molecular weight is 188 g/mol. The molecular weight excluding hydrogens is 172 g/mol. The first-order valence-corrected chi connectivity index (χ1v) is 4.32. The highest BCUT2D eigenvalue weighted by atomic mass is 16.5. The van der Waals surface area contributed by atoms with Gasteiger partial charge in [0.2, 0.25) is 0 Å². The summed E-state index contributed by atoms with van der Waals surface area (Å²) in [6, 6.07) is 0. The lowest BCUT2D eigenvalue weighted by Crippen LogP contribution is -2.34. The highest BCUT2D eigenvalue weighted by Gasteiger charge is 2.12. The van der Waals surface area contributed by atoms with Crippen LogP contribution in [0, 0.1) is 0 Å². The first-order chi connectivity index (χ1) is 6.22. The Morgan fingerprint density at radius 2 is 2.00 bits per heavy atom. The molecule has 76 valence electrons. The molecule has 0 aliphatic heterocycles. The Bertz CT molecular complexity index is 171. The van der Waals surface area contributed by atoms with E-state index >= 15 is 0 Å². The monoisotopic (exact) mass is 188 g/mol. The Hall–Kier alpha value is -1.10. The Labute approximate surface area is 77.8 Å². The van der Waals surface area contributed by atoms with Crippen LogP contribution in [0.4, 0.5) is 0 Å². The molecule has 0 aromatic carbocycles. The highest BCUT2D eigenvalue weighted by molar-refractivity contribution is 6.32. The van der Waals surface area contributed by atoms with Crippen LogP contribution in [0.2, 0.25) is 0 Å². The molecule has 5 nitrogen and oxygen atoms in total. The van der Waals surface area contributed by atoms with Gasteiger partial charge < -0.3 is 15.4 Å². The van der Waals surface area contributed by atoms with Crippen molar-refractivity contribution in [3.8, 4) is 0 Å². The van der Waals surface area contributed by atoms with Crippen LogP contribution in [0.3, 0.4) is 0 Å². The minimum absolute atomic E-state index is 0.225. The number of carbonyl (C=O) groups is 2. The van der Waals surface area contributed by atoms with Crippen LogP contribution in [0.15, 0.2) is 0 Å². The van der Waals surface area contributed by atoms with E-state index in [1.54, 1.807) is 6.92 Å². The maximum Gasteiger partial charge on any atom is 0.396 e. The summed E-state index contributed by atoms with van der Waals surface area (Å²) in [7, 11) is 1.83. The van der Waals surface area contributed by atoms with E-state index in [9.17, 15) is 9.59 Å². The Kier molecular flexibility index (Phi) is 6.91. The van der Waals surface area contributed by atoms with Crippen molar-refractivity contribution in [1.29, 1.82) is 0 Å². The van der Waals surface area contributed by atoms with Gasteiger partial charge in [-0.05, 0) is 26.9 Å². The summed E-state index contributed by atoms with van der Waals surface area (Å²) in [6.45, 7) is 3.18. The van der Waals surface area contributed by atoms with Gasteiger partial charge in [0.15, 0.2) is 0 Å². The Balaban J connectivity index is 3.44. The van der Waals surface area contributed by atoms with Gasteiger partial charge in [0.25, 0.3) is 0 Å². The Morgan fingerprint density at radius 3 is 2.54 bits per heavy atom. The van der Waals surface area contributed by atoms with E-state index in [-0.39, 0.29) is 6.61 Å². The van der Waals surface area contributed by atoms with Crippen LogP contribution < -0.4 is 10.6 Å². The van der Waals surface area contributed by atoms with E-state index in [4.69, 9.17) is 0 Å². The molecule has 0 spiro atoms. The molecule has 2 N–H and O–H groups in total. The molecule has 0 unspecified atom stereocenters. The van der Waals surface area contributed by atoms with E-state index in [0.717, 1.165) is 13.0 Å². The fourth-order valence-electron chi connectivity index (χ4n) is 0.736. The fraction of sp³-hybridized carbons (Fsp3) is 0.750. The average Bonchev–Trinajstić information content (AvgIpc) is 2.12. The van der Waals surface area contributed by atoms with Crippen molar-refractivity contribution in [1.82, 2.24) is 10.6 Å². The smallest absolute Gasteiger partial charge is 0.396 e. The molecule has 0 aromatic rings. The summed E-state index contributed by atoms with van der Waals surface area (Å²) >= 11 is 0. The third-order valence-electron chi connectivity index (χ3n) is 1.35. The summed E-state index contributed by atoms with van der Waals surface area (Å²) < 4.78 is 4.49. The number of nitrogens with one attached hydrogen (secondary N) is 2. The van der Waals surface area contributed by atoms with Crippen LogP contribution in [0.5, 0.6) is 0 Å². The van der Waals surface area contributed by atoms with Crippen molar-refractivity contribution >= 4 is 11.9 Å². The number of rotatable bonds is 5. The molecule has 0 aliphatic rings. The molecule has 0 atom stereocenters. The van der Waals surface area contributed by atoms with Crippen LogP contribution >= 0.6 is 0 Å². The number of esters is 1.